The molecule has 0 aliphatic carbocycles. The van der Waals surface area contributed by atoms with Gasteiger partial charge >= 0.3 is 5.97 Å². The minimum Gasteiger partial charge on any atom is -0.478 e. The van der Waals surface area contributed by atoms with E-state index in [1.54, 1.807) is 19.2 Å². The Bertz CT molecular complexity index is 561. The van der Waals surface area contributed by atoms with E-state index in [0.717, 1.165) is 0 Å². The van der Waals surface area contributed by atoms with Gasteiger partial charge in [-0.25, -0.2) is 4.79 Å². The summed E-state index contributed by atoms with van der Waals surface area (Å²) in [4.78, 5) is 25.2. The number of carboxylic acids is 1. The average molecular weight is 297 g/mol. The Morgan fingerprint density at radius 1 is 1.45 bits per heavy atom. The summed E-state index contributed by atoms with van der Waals surface area (Å²) in [7, 11) is 1.61. The van der Waals surface area contributed by atoms with E-state index in [-0.39, 0.29) is 11.5 Å². The zero-order valence-corrected chi connectivity index (χ0v) is 12.2. The number of halogens is 1. The van der Waals surface area contributed by atoms with Crippen LogP contribution in [-0.4, -0.2) is 37.1 Å². The van der Waals surface area contributed by atoms with Crippen LogP contribution in [0.2, 0.25) is 5.02 Å². The van der Waals surface area contributed by atoms with Crippen molar-refractivity contribution in [1.29, 1.82) is 0 Å². The highest BCUT2D eigenvalue weighted by molar-refractivity contribution is 6.31. The molecule has 6 heteroatoms. The lowest BCUT2D eigenvalue weighted by atomic mass is 9.89. The third kappa shape index (κ3) is 2.58. The predicted molar refractivity (Wildman–Crippen MR) is 77.4 cm³/mol. The lowest BCUT2D eigenvalue weighted by molar-refractivity contribution is -0.128. The number of anilines is 1. The Morgan fingerprint density at radius 2 is 2.15 bits per heavy atom. The van der Waals surface area contributed by atoms with Crippen LogP contribution < -0.4 is 10.2 Å². The molecular weight excluding hydrogens is 280 g/mol. The van der Waals surface area contributed by atoms with Gasteiger partial charge in [-0.05, 0) is 31.5 Å². The molecule has 1 fully saturated rings. The van der Waals surface area contributed by atoms with Crippen molar-refractivity contribution >= 4 is 29.2 Å². The fourth-order valence-corrected chi connectivity index (χ4v) is 2.78. The molecule has 1 aliphatic rings. The summed E-state index contributed by atoms with van der Waals surface area (Å²) in [5.74, 6) is -1.04. The highest BCUT2D eigenvalue weighted by Crippen LogP contribution is 2.35. The van der Waals surface area contributed by atoms with Crippen LogP contribution in [0.5, 0.6) is 0 Å². The summed E-state index contributed by atoms with van der Waals surface area (Å²) < 4.78 is 0. The third-order valence-electron chi connectivity index (χ3n) is 3.78. The summed E-state index contributed by atoms with van der Waals surface area (Å²) in [6, 6.07) is 4.80. The molecule has 0 radical (unpaired) electrons. The minimum atomic E-state index is -1.02. The first-order valence-electron chi connectivity index (χ1n) is 6.37. The molecule has 0 aromatic heterocycles. The van der Waals surface area contributed by atoms with Gasteiger partial charge in [0, 0.05) is 25.2 Å². The minimum absolute atomic E-state index is 0.0224. The normalized spacial score (nSPS) is 21.9. The van der Waals surface area contributed by atoms with E-state index in [1.165, 1.54) is 6.07 Å². The number of hydrogen-bond acceptors (Lipinski definition) is 3. The maximum atomic E-state index is 11.9. The number of nitrogens with one attached hydrogen (secondary N) is 1. The molecule has 1 atom stereocenters. The van der Waals surface area contributed by atoms with Crippen molar-refractivity contribution in [1.82, 2.24) is 5.32 Å². The van der Waals surface area contributed by atoms with Gasteiger partial charge in [0.25, 0.3) is 0 Å². The molecule has 2 rings (SSSR count). The monoisotopic (exact) mass is 296 g/mol. The number of carbonyl (C=O) groups excluding carboxylic acids is 1. The summed E-state index contributed by atoms with van der Waals surface area (Å²) in [5.41, 5.74) is 0.276. The number of amides is 1. The van der Waals surface area contributed by atoms with Crippen LogP contribution in [-0.2, 0) is 4.79 Å². The van der Waals surface area contributed by atoms with E-state index in [9.17, 15) is 14.7 Å². The predicted octanol–water partition coefficient (Wildman–Crippen LogP) is 2.00. The molecule has 20 heavy (non-hydrogen) atoms. The van der Waals surface area contributed by atoms with E-state index in [1.807, 2.05) is 11.8 Å². The Kier molecular flexibility index (Phi) is 3.90. The Balaban J connectivity index is 2.31. The van der Waals surface area contributed by atoms with Crippen molar-refractivity contribution in [2.45, 2.75) is 13.3 Å². The topological polar surface area (TPSA) is 69.6 Å². The van der Waals surface area contributed by atoms with E-state index in [2.05, 4.69) is 5.32 Å². The molecule has 5 nitrogen and oxygen atoms in total. The number of carboxylic acid groups (broad SMARTS) is 1. The Labute approximate surface area is 122 Å². The maximum Gasteiger partial charge on any atom is 0.337 e. The van der Waals surface area contributed by atoms with Gasteiger partial charge < -0.3 is 15.3 Å². The van der Waals surface area contributed by atoms with Crippen LogP contribution in [0.3, 0.4) is 0 Å². The number of rotatable bonds is 3. The quantitative estimate of drug-likeness (QED) is 0.895. The summed E-state index contributed by atoms with van der Waals surface area (Å²) in [5, 5.41) is 12.3. The standard InChI is InChI=1S/C14H17ClN2O3/c1-14(13(20)16-2)5-6-17(8-14)11-4-3-9(15)7-10(11)12(18)19/h3-4,7H,5-6,8H2,1-2H3,(H,16,20)(H,18,19). The van der Waals surface area contributed by atoms with Crippen LogP contribution in [0, 0.1) is 5.41 Å². The molecule has 0 spiro atoms. The molecule has 1 heterocycles. The summed E-state index contributed by atoms with van der Waals surface area (Å²) in [6.07, 6.45) is 0.689. The average Bonchev–Trinajstić information content (AvgIpc) is 2.81. The molecule has 0 bridgehead atoms. The first-order chi connectivity index (χ1) is 9.37. The second-order valence-electron chi connectivity index (χ2n) is 5.28. The number of aromatic carboxylic acids is 1. The van der Waals surface area contributed by atoms with Gasteiger partial charge in [-0.2, -0.15) is 0 Å². The Morgan fingerprint density at radius 3 is 2.75 bits per heavy atom. The van der Waals surface area contributed by atoms with Gasteiger partial charge in [-0.1, -0.05) is 11.6 Å². The van der Waals surface area contributed by atoms with Crippen molar-refractivity contribution in [2.24, 2.45) is 5.41 Å². The van der Waals surface area contributed by atoms with Crippen LogP contribution >= 0.6 is 11.6 Å². The number of benzene rings is 1. The smallest absolute Gasteiger partial charge is 0.337 e. The van der Waals surface area contributed by atoms with Gasteiger partial charge in [0.1, 0.15) is 0 Å². The molecular formula is C14H17ClN2O3. The SMILES string of the molecule is CNC(=O)C1(C)CCN(c2ccc(Cl)cc2C(=O)O)C1. The molecule has 108 valence electrons. The molecule has 1 aromatic carbocycles. The zero-order chi connectivity index (χ0) is 14.9. The molecule has 1 unspecified atom stereocenters. The highest BCUT2D eigenvalue weighted by Gasteiger charge is 2.40. The van der Waals surface area contributed by atoms with Crippen LogP contribution in [0.1, 0.15) is 23.7 Å². The molecule has 1 aromatic rings. The second kappa shape index (κ2) is 5.32. The molecule has 2 N–H and O–H groups in total. The second-order valence-corrected chi connectivity index (χ2v) is 5.71. The largest absolute Gasteiger partial charge is 0.478 e. The highest BCUT2D eigenvalue weighted by atomic mass is 35.5. The number of nitrogens with zero attached hydrogens (tertiary/aromatic N) is 1. The Hall–Kier alpha value is -1.75. The molecule has 1 amide bonds. The van der Waals surface area contributed by atoms with Crippen molar-refractivity contribution in [3.05, 3.63) is 28.8 Å². The van der Waals surface area contributed by atoms with Crippen molar-refractivity contribution in [3.8, 4) is 0 Å². The van der Waals surface area contributed by atoms with E-state index < -0.39 is 11.4 Å². The van der Waals surface area contributed by atoms with Crippen molar-refractivity contribution in [3.63, 3.8) is 0 Å². The maximum absolute atomic E-state index is 11.9. The van der Waals surface area contributed by atoms with E-state index >= 15 is 0 Å². The lowest BCUT2D eigenvalue weighted by Gasteiger charge is -2.25. The first-order valence-corrected chi connectivity index (χ1v) is 6.75. The van der Waals surface area contributed by atoms with Crippen LogP contribution in [0.4, 0.5) is 5.69 Å². The van der Waals surface area contributed by atoms with Gasteiger partial charge in [-0.15, -0.1) is 0 Å². The third-order valence-corrected chi connectivity index (χ3v) is 4.01. The van der Waals surface area contributed by atoms with E-state index in [0.29, 0.717) is 30.2 Å². The molecule has 1 saturated heterocycles. The number of carbonyl (C=O) groups is 2. The van der Waals surface area contributed by atoms with Gasteiger partial charge in [-0.3, -0.25) is 4.79 Å². The van der Waals surface area contributed by atoms with Crippen molar-refractivity contribution in [2.75, 3.05) is 25.0 Å². The van der Waals surface area contributed by atoms with E-state index in [4.69, 9.17) is 11.6 Å². The zero-order valence-electron chi connectivity index (χ0n) is 11.4. The van der Waals surface area contributed by atoms with Gasteiger partial charge in [0.05, 0.1) is 16.7 Å². The fourth-order valence-electron chi connectivity index (χ4n) is 2.61. The van der Waals surface area contributed by atoms with Gasteiger partial charge in [0.15, 0.2) is 0 Å². The number of hydrogen-bond donors (Lipinski definition) is 2. The van der Waals surface area contributed by atoms with Crippen LogP contribution in [0.25, 0.3) is 0 Å². The lowest BCUT2D eigenvalue weighted by Crippen LogP contribution is -2.39. The van der Waals surface area contributed by atoms with Gasteiger partial charge in [0.2, 0.25) is 5.91 Å². The summed E-state index contributed by atoms with van der Waals surface area (Å²) >= 11 is 5.85. The van der Waals surface area contributed by atoms with Crippen LogP contribution in [0.15, 0.2) is 18.2 Å². The first kappa shape index (κ1) is 14.7. The fraction of sp³-hybridized carbons (Fsp3) is 0.429. The molecule has 1 aliphatic heterocycles. The van der Waals surface area contributed by atoms with Crippen molar-refractivity contribution < 1.29 is 14.7 Å². The summed E-state index contributed by atoms with van der Waals surface area (Å²) in [6.45, 7) is 3.03. The molecule has 0 saturated carbocycles.